The Morgan fingerprint density at radius 2 is 2.19 bits per heavy atom. The van der Waals surface area contributed by atoms with Crippen molar-refractivity contribution in [3.8, 4) is 0 Å². The van der Waals surface area contributed by atoms with Crippen LogP contribution >= 0.6 is 11.8 Å². The summed E-state index contributed by atoms with van der Waals surface area (Å²) >= 11 is 1.94. The van der Waals surface area contributed by atoms with Gasteiger partial charge < -0.3 is 10.4 Å². The maximum atomic E-state index is 12.2. The Morgan fingerprint density at radius 1 is 1.43 bits per heavy atom. The van der Waals surface area contributed by atoms with Gasteiger partial charge in [-0.05, 0) is 44.1 Å². The first-order valence-electron chi connectivity index (χ1n) is 7.14. The molecule has 1 saturated carbocycles. The van der Waals surface area contributed by atoms with Crippen molar-refractivity contribution >= 4 is 23.6 Å². The first-order chi connectivity index (χ1) is 10.0. The van der Waals surface area contributed by atoms with Crippen LogP contribution in [0.3, 0.4) is 0 Å². The number of carboxylic acid groups (broad SMARTS) is 1. The molecule has 1 aliphatic rings. The van der Waals surface area contributed by atoms with E-state index in [-0.39, 0.29) is 23.2 Å². The average molecular weight is 308 g/mol. The molecule has 1 amide bonds. The monoisotopic (exact) mass is 308 g/mol. The van der Waals surface area contributed by atoms with Gasteiger partial charge in [0.25, 0.3) is 5.91 Å². The second-order valence-corrected chi connectivity index (χ2v) is 6.77. The first-order valence-corrected chi connectivity index (χ1v) is 8.19. The van der Waals surface area contributed by atoms with Crippen LogP contribution in [0.1, 0.15) is 52.7 Å². The quantitative estimate of drug-likeness (QED) is 0.873. The Morgan fingerprint density at radius 3 is 2.81 bits per heavy atom. The Labute approximate surface area is 128 Å². The second kappa shape index (κ2) is 6.93. The van der Waals surface area contributed by atoms with Crippen LogP contribution in [0, 0.1) is 6.92 Å². The number of nitrogens with zero attached hydrogens (tertiary/aromatic N) is 1. The van der Waals surface area contributed by atoms with E-state index in [0.29, 0.717) is 10.9 Å². The highest BCUT2D eigenvalue weighted by atomic mass is 32.2. The fraction of sp³-hybridized carbons (Fsp3) is 0.533. The summed E-state index contributed by atoms with van der Waals surface area (Å²) in [6.45, 7) is 3.75. The minimum atomic E-state index is -1.03. The molecular weight excluding hydrogens is 288 g/mol. The van der Waals surface area contributed by atoms with Crippen molar-refractivity contribution in [2.24, 2.45) is 0 Å². The third-order valence-corrected chi connectivity index (χ3v) is 4.90. The van der Waals surface area contributed by atoms with Crippen LogP contribution in [-0.4, -0.2) is 39.0 Å². The molecule has 1 aromatic heterocycles. The number of rotatable bonds is 5. The molecule has 2 atom stereocenters. The van der Waals surface area contributed by atoms with Gasteiger partial charge in [0.05, 0.1) is 11.3 Å². The molecule has 6 heteroatoms. The molecule has 0 spiro atoms. The molecule has 0 saturated heterocycles. The number of nitrogens with one attached hydrogen (secondary N) is 1. The van der Waals surface area contributed by atoms with Gasteiger partial charge in [-0.1, -0.05) is 6.92 Å². The van der Waals surface area contributed by atoms with E-state index in [0.717, 1.165) is 25.0 Å². The summed E-state index contributed by atoms with van der Waals surface area (Å²) in [5, 5.41) is 12.6. The first kappa shape index (κ1) is 15.8. The Kier molecular flexibility index (Phi) is 5.22. The van der Waals surface area contributed by atoms with Crippen molar-refractivity contribution in [1.82, 2.24) is 10.3 Å². The smallest absolute Gasteiger partial charge is 0.337 e. The lowest BCUT2D eigenvalue weighted by atomic mass is 10.1. The van der Waals surface area contributed by atoms with Crippen molar-refractivity contribution in [2.45, 2.75) is 44.4 Å². The molecule has 114 valence electrons. The molecular formula is C15H20N2O3S. The van der Waals surface area contributed by atoms with Gasteiger partial charge in [0.15, 0.2) is 0 Å². The number of carbonyl (C=O) groups is 2. The predicted molar refractivity (Wildman–Crippen MR) is 83.0 cm³/mol. The topological polar surface area (TPSA) is 79.3 Å². The largest absolute Gasteiger partial charge is 0.478 e. The number of hydrogen-bond donors (Lipinski definition) is 2. The van der Waals surface area contributed by atoms with Gasteiger partial charge in [0.1, 0.15) is 5.69 Å². The van der Waals surface area contributed by atoms with Crippen molar-refractivity contribution in [1.29, 1.82) is 0 Å². The highest BCUT2D eigenvalue weighted by Crippen LogP contribution is 2.29. The van der Waals surface area contributed by atoms with Gasteiger partial charge in [-0.2, -0.15) is 11.8 Å². The lowest BCUT2D eigenvalue weighted by molar-refractivity contribution is 0.0694. The van der Waals surface area contributed by atoms with Gasteiger partial charge in [-0.3, -0.25) is 4.79 Å². The molecule has 2 N–H and O–H groups in total. The molecule has 21 heavy (non-hydrogen) atoms. The van der Waals surface area contributed by atoms with E-state index in [1.165, 1.54) is 12.1 Å². The minimum Gasteiger partial charge on any atom is -0.478 e. The summed E-state index contributed by atoms with van der Waals surface area (Å²) < 4.78 is 0. The van der Waals surface area contributed by atoms with E-state index in [9.17, 15) is 9.59 Å². The minimum absolute atomic E-state index is 0.131. The van der Waals surface area contributed by atoms with E-state index in [1.54, 1.807) is 6.92 Å². The van der Waals surface area contributed by atoms with Crippen LogP contribution in [-0.2, 0) is 0 Å². The highest BCUT2D eigenvalue weighted by Gasteiger charge is 2.26. The zero-order valence-corrected chi connectivity index (χ0v) is 13.1. The third-order valence-electron chi connectivity index (χ3n) is 3.67. The molecule has 1 aromatic rings. The maximum absolute atomic E-state index is 12.2. The van der Waals surface area contributed by atoms with E-state index >= 15 is 0 Å². The number of aromatic carboxylic acids is 1. The number of hydrogen-bond acceptors (Lipinski definition) is 4. The van der Waals surface area contributed by atoms with Crippen molar-refractivity contribution < 1.29 is 14.7 Å². The summed E-state index contributed by atoms with van der Waals surface area (Å²) in [6.07, 6.45) is 3.12. The zero-order valence-electron chi connectivity index (χ0n) is 12.3. The lowest BCUT2D eigenvalue weighted by Crippen LogP contribution is -2.33. The van der Waals surface area contributed by atoms with Crippen molar-refractivity contribution in [3.63, 3.8) is 0 Å². The number of thioether (sulfide) groups is 1. The van der Waals surface area contributed by atoms with Crippen LogP contribution < -0.4 is 5.32 Å². The zero-order chi connectivity index (χ0) is 15.4. The maximum Gasteiger partial charge on any atom is 0.337 e. The molecule has 0 radical (unpaired) electrons. The standard InChI is InChI=1S/C15H20N2O3S/c1-3-21-11-5-4-10(8-11)17-14(18)13-7-6-12(15(19)20)9(2)16-13/h6-7,10-11H,3-5,8H2,1-2H3,(H,17,18)(H,19,20). The second-order valence-electron chi connectivity index (χ2n) is 5.20. The fourth-order valence-corrected chi connectivity index (χ4v) is 3.77. The molecule has 1 aliphatic carbocycles. The van der Waals surface area contributed by atoms with Crippen LogP contribution in [0.2, 0.25) is 0 Å². The number of aryl methyl sites for hydroxylation is 1. The normalized spacial score (nSPS) is 21.2. The lowest BCUT2D eigenvalue weighted by Gasteiger charge is -2.13. The Balaban J connectivity index is 1.98. The van der Waals surface area contributed by atoms with Crippen LogP contribution in [0.15, 0.2) is 12.1 Å². The summed E-state index contributed by atoms with van der Waals surface area (Å²) in [6, 6.07) is 3.10. The van der Waals surface area contributed by atoms with Crippen molar-refractivity contribution in [3.05, 3.63) is 29.1 Å². The molecule has 0 aromatic carbocycles. The predicted octanol–water partition coefficient (Wildman–Crippen LogP) is 2.49. The summed E-state index contributed by atoms with van der Waals surface area (Å²) in [4.78, 5) is 27.2. The van der Waals surface area contributed by atoms with E-state index in [1.807, 2.05) is 11.8 Å². The number of amides is 1. The average Bonchev–Trinajstić information content (AvgIpc) is 2.86. The highest BCUT2D eigenvalue weighted by molar-refractivity contribution is 7.99. The molecule has 2 rings (SSSR count). The van der Waals surface area contributed by atoms with Gasteiger partial charge in [-0.25, -0.2) is 9.78 Å². The van der Waals surface area contributed by atoms with E-state index < -0.39 is 5.97 Å². The van der Waals surface area contributed by atoms with E-state index in [2.05, 4.69) is 17.2 Å². The summed E-state index contributed by atoms with van der Waals surface area (Å²) in [5.41, 5.74) is 0.775. The fourth-order valence-electron chi connectivity index (χ4n) is 2.63. The molecule has 2 unspecified atom stereocenters. The molecule has 5 nitrogen and oxygen atoms in total. The van der Waals surface area contributed by atoms with Gasteiger partial charge in [0.2, 0.25) is 0 Å². The van der Waals surface area contributed by atoms with E-state index in [4.69, 9.17) is 5.11 Å². The summed E-state index contributed by atoms with van der Waals surface area (Å²) in [5.74, 6) is -0.146. The molecule has 1 heterocycles. The molecule has 0 aliphatic heterocycles. The van der Waals surface area contributed by atoms with Crippen LogP contribution in [0.4, 0.5) is 0 Å². The number of carboxylic acids is 1. The molecule has 1 fully saturated rings. The molecule has 0 bridgehead atoms. The van der Waals surface area contributed by atoms with Gasteiger partial charge in [-0.15, -0.1) is 0 Å². The Bertz CT molecular complexity index is 548. The summed E-state index contributed by atoms with van der Waals surface area (Å²) in [7, 11) is 0. The van der Waals surface area contributed by atoms with Crippen LogP contribution in [0.5, 0.6) is 0 Å². The number of aromatic nitrogens is 1. The van der Waals surface area contributed by atoms with Crippen molar-refractivity contribution in [2.75, 3.05) is 5.75 Å². The Hall–Kier alpha value is -1.56. The SMILES string of the molecule is CCSC1CCC(NC(=O)c2ccc(C(=O)O)c(C)n2)C1. The number of pyridine rings is 1. The van der Waals surface area contributed by atoms with Gasteiger partial charge in [0, 0.05) is 11.3 Å². The van der Waals surface area contributed by atoms with Crippen LogP contribution in [0.25, 0.3) is 0 Å². The van der Waals surface area contributed by atoms with Gasteiger partial charge >= 0.3 is 5.97 Å². The third kappa shape index (κ3) is 3.97. The number of carbonyl (C=O) groups excluding carboxylic acids is 1.